The topological polar surface area (TPSA) is 105 Å². The van der Waals surface area contributed by atoms with Crippen LogP contribution in [0, 0.1) is 0 Å². The molecule has 1 aromatic rings. The zero-order valence-corrected chi connectivity index (χ0v) is 9.32. The van der Waals surface area contributed by atoms with Crippen LogP contribution in [-0.4, -0.2) is 28.5 Å². The number of nitrogens with two attached hydrogens (primary N) is 1. The smallest absolute Gasteiger partial charge is 0.242 e. The van der Waals surface area contributed by atoms with Gasteiger partial charge in [-0.2, -0.15) is 0 Å². The van der Waals surface area contributed by atoms with E-state index in [1.807, 2.05) is 6.92 Å². The Morgan fingerprint density at radius 1 is 1.50 bits per heavy atom. The van der Waals surface area contributed by atoms with Gasteiger partial charge in [-0.1, -0.05) is 0 Å². The molecule has 0 saturated heterocycles. The van der Waals surface area contributed by atoms with Crippen molar-refractivity contribution in [3.8, 4) is 0 Å². The molecule has 1 unspecified atom stereocenters. The van der Waals surface area contributed by atoms with Crippen molar-refractivity contribution in [1.29, 1.82) is 0 Å². The minimum Gasteiger partial charge on any atom is -0.357 e. The number of hydrogen-bond donors (Lipinski definition) is 4. The normalized spacial score (nSPS) is 11.7. The molecule has 0 aliphatic heterocycles. The molecule has 0 saturated carbocycles. The van der Waals surface area contributed by atoms with Crippen LogP contribution in [0.5, 0.6) is 0 Å². The van der Waals surface area contributed by atoms with Gasteiger partial charge in [0.05, 0.1) is 12.4 Å². The maximum Gasteiger partial charge on any atom is 0.242 e. The van der Waals surface area contributed by atoms with Crippen molar-refractivity contribution in [1.82, 2.24) is 15.3 Å². The summed E-state index contributed by atoms with van der Waals surface area (Å²) in [6, 6.07) is -0.373. The van der Waals surface area contributed by atoms with Crippen LogP contribution in [0.15, 0.2) is 12.4 Å². The molecule has 0 bridgehead atoms. The largest absolute Gasteiger partial charge is 0.357 e. The van der Waals surface area contributed by atoms with Crippen molar-refractivity contribution < 1.29 is 4.79 Å². The Morgan fingerprint density at radius 2 is 2.19 bits per heavy atom. The Balaban J connectivity index is 2.61. The molecule has 1 heterocycles. The highest BCUT2D eigenvalue weighted by Gasteiger charge is 2.11. The van der Waals surface area contributed by atoms with Crippen LogP contribution in [0.25, 0.3) is 0 Å². The number of hydrogen-bond acceptors (Lipinski definition) is 6. The van der Waals surface area contributed by atoms with Gasteiger partial charge in [0, 0.05) is 6.54 Å². The van der Waals surface area contributed by atoms with Crippen molar-refractivity contribution >= 4 is 17.5 Å². The molecule has 0 aliphatic carbocycles. The number of rotatable bonds is 5. The first-order valence-electron chi connectivity index (χ1n) is 5.00. The van der Waals surface area contributed by atoms with Crippen LogP contribution in [0.3, 0.4) is 0 Å². The van der Waals surface area contributed by atoms with Gasteiger partial charge in [0.15, 0.2) is 5.82 Å². The fourth-order valence-electron chi connectivity index (χ4n) is 1.12. The van der Waals surface area contributed by atoms with E-state index in [9.17, 15) is 4.79 Å². The van der Waals surface area contributed by atoms with Gasteiger partial charge in [0.1, 0.15) is 11.9 Å². The van der Waals surface area contributed by atoms with E-state index in [2.05, 4.69) is 26.0 Å². The van der Waals surface area contributed by atoms with Crippen LogP contribution in [0.2, 0.25) is 0 Å². The minimum atomic E-state index is -0.373. The van der Waals surface area contributed by atoms with Gasteiger partial charge in [-0.05, 0) is 13.8 Å². The van der Waals surface area contributed by atoms with E-state index in [0.717, 1.165) is 0 Å². The molecule has 1 atom stereocenters. The average Bonchev–Trinajstić information content (AvgIpc) is 2.29. The molecule has 0 spiro atoms. The van der Waals surface area contributed by atoms with Crippen molar-refractivity contribution in [2.75, 3.05) is 17.3 Å². The standard InChI is InChI=1S/C9H16N6O/c1-3-12-9(16)6(2)13-7-4-11-5-8(14-7)15-10/h4-6H,3,10H2,1-2H3,(H,12,16)(H2,13,14,15). The molecule has 88 valence electrons. The molecule has 16 heavy (non-hydrogen) atoms. The summed E-state index contributed by atoms with van der Waals surface area (Å²) in [6.45, 7) is 4.21. The van der Waals surface area contributed by atoms with E-state index < -0.39 is 0 Å². The number of aromatic nitrogens is 2. The Labute approximate surface area is 93.8 Å². The molecule has 1 amide bonds. The molecule has 0 aliphatic rings. The summed E-state index contributed by atoms with van der Waals surface area (Å²) in [5, 5.41) is 5.62. The number of carbonyl (C=O) groups excluding carboxylic acids is 1. The summed E-state index contributed by atoms with van der Waals surface area (Å²) in [7, 11) is 0. The van der Waals surface area contributed by atoms with Gasteiger partial charge in [-0.25, -0.2) is 10.8 Å². The third-order valence-electron chi connectivity index (χ3n) is 1.89. The number of amides is 1. The Kier molecular flexibility index (Phi) is 4.46. The molecular weight excluding hydrogens is 208 g/mol. The Bertz CT molecular complexity index is 356. The lowest BCUT2D eigenvalue weighted by Gasteiger charge is -2.13. The van der Waals surface area contributed by atoms with E-state index in [1.54, 1.807) is 6.92 Å². The van der Waals surface area contributed by atoms with Gasteiger partial charge in [-0.15, -0.1) is 0 Å². The van der Waals surface area contributed by atoms with Crippen LogP contribution in [0.1, 0.15) is 13.8 Å². The monoisotopic (exact) mass is 224 g/mol. The minimum absolute atomic E-state index is 0.0876. The van der Waals surface area contributed by atoms with Crippen LogP contribution >= 0.6 is 0 Å². The maximum atomic E-state index is 11.4. The Morgan fingerprint density at radius 3 is 2.81 bits per heavy atom. The summed E-state index contributed by atoms with van der Waals surface area (Å²) in [5.74, 6) is 6.04. The lowest BCUT2D eigenvalue weighted by atomic mass is 10.3. The fraction of sp³-hybridized carbons (Fsp3) is 0.444. The van der Waals surface area contributed by atoms with Gasteiger partial charge in [-0.3, -0.25) is 9.78 Å². The quantitative estimate of drug-likeness (QED) is 0.404. The lowest BCUT2D eigenvalue weighted by Crippen LogP contribution is -2.37. The molecule has 0 fully saturated rings. The zero-order chi connectivity index (χ0) is 12.0. The van der Waals surface area contributed by atoms with Crippen LogP contribution in [-0.2, 0) is 4.79 Å². The molecule has 0 radical (unpaired) electrons. The second-order valence-electron chi connectivity index (χ2n) is 3.19. The number of carbonyl (C=O) groups is 1. The maximum absolute atomic E-state index is 11.4. The fourth-order valence-corrected chi connectivity index (χ4v) is 1.12. The summed E-state index contributed by atoms with van der Waals surface area (Å²) < 4.78 is 0. The van der Waals surface area contributed by atoms with Gasteiger partial charge in [0.25, 0.3) is 0 Å². The van der Waals surface area contributed by atoms with Crippen LogP contribution < -0.4 is 21.9 Å². The zero-order valence-electron chi connectivity index (χ0n) is 9.32. The number of nitrogen functional groups attached to an aromatic ring is 1. The van der Waals surface area contributed by atoms with E-state index in [4.69, 9.17) is 5.84 Å². The van der Waals surface area contributed by atoms with Gasteiger partial charge >= 0.3 is 0 Å². The molecular formula is C9H16N6O. The highest BCUT2D eigenvalue weighted by Crippen LogP contribution is 2.06. The number of anilines is 2. The summed E-state index contributed by atoms with van der Waals surface area (Å²) in [4.78, 5) is 19.4. The molecule has 1 rings (SSSR count). The molecule has 5 N–H and O–H groups in total. The number of nitrogens with zero attached hydrogens (tertiary/aromatic N) is 2. The first-order valence-corrected chi connectivity index (χ1v) is 5.00. The summed E-state index contributed by atoms with van der Waals surface area (Å²) >= 11 is 0. The van der Waals surface area contributed by atoms with Gasteiger partial charge in [0.2, 0.25) is 5.91 Å². The van der Waals surface area contributed by atoms with E-state index in [-0.39, 0.29) is 11.9 Å². The second-order valence-corrected chi connectivity index (χ2v) is 3.19. The van der Waals surface area contributed by atoms with Crippen molar-refractivity contribution in [2.45, 2.75) is 19.9 Å². The molecule has 7 nitrogen and oxygen atoms in total. The predicted octanol–water partition coefficient (Wildman–Crippen LogP) is -0.301. The average molecular weight is 224 g/mol. The summed E-state index contributed by atoms with van der Waals surface area (Å²) in [6.07, 6.45) is 3.01. The third-order valence-corrected chi connectivity index (χ3v) is 1.89. The molecule has 7 heteroatoms. The van der Waals surface area contributed by atoms with E-state index in [0.29, 0.717) is 18.2 Å². The van der Waals surface area contributed by atoms with Crippen LogP contribution in [0.4, 0.5) is 11.6 Å². The number of likely N-dealkylation sites (N-methyl/N-ethyl adjacent to an activating group) is 1. The SMILES string of the molecule is CCNC(=O)C(C)Nc1cncc(NN)n1. The van der Waals surface area contributed by atoms with Crippen molar-refractivity contribution in [2.24, 2.45) is 5.84 Å². The Hall–Kier alpha value is -1.89. The first-order chi connectivity index (χ1) is 7.67. The van der Waals surface area contributed by atoms with Crippen molar-refractivity contribution in [3.63, 3.8) is 0 Å². The van der Waals surface area contributed by atoms with E-state index >= 15 is 0 Å². The first kappa shape index (κ1) is 12.2. The third kappa shape index (κ3) is 3.35. The molecule has 1 aromatic heterocycles. The lowest BCUT2D eigenvalue weighted by molar-refractivity contribution is -0.121. The number of hydrazine groups is 1. The highest BCUT2D eigenvalue weighted by atomic mass is 16.2. The predicted molar refractivity (Wildman–Crippen MR) is 61.6 cm³/mol. The number of nitrogens with one attached hydrogen (secondary N) is 3. The van der Waals surface area contributed by atoms with Gasteiger partial charge < -0.3 is 16.1 Å². The molecule has 0 aromatic carbocycles. The van der Waals surface area contributed by atoms with E-state index in [1.165, 1.54) is 12.4 Å². The van der Waals surface area contributed by atoms with Crippen molar-refractivity contribution in [3.05, 3.63) is 12.4 Å². The highest BCUT2D eigenvalue weighted by molar-refractivity contribution is 5.83. The summed E-state index contributed by atoms with van der Waals surface area (Å²) in [5.41, 5.74) is 2.38. The second kappa shape index (κ2) is 5.86.